The molecule has 2 unspecified atom stereocenters. The summed E-state index contributed by atoms with van der Waals surface area (Å²) in [6.07, 6.45) is 9.20. The van der Waals surface area contributed by atoms with Gasteiger partial charge in [0.05, 0.1) is 24.9 Å². The molecule has 0 bridgehead atoms. The molecule has 4 rings (SSSR count). The predicted octanol–water partition coefficient (Wildman–Crippen LogP) is 3.65. The monoisotopic (exact) mass is 320 g/mol. The maximum atomic E-state index is 6.29. The molecule has 0 amide bonds. The third-order valence-corrected chi connectivity index (χ3v) is 4.43. The van der Waals surface area contributed by atoms with Crippen molar-refractivity contribution in [2.75, 3.05) is 0 Å². The Hall–Kier alpha value is -2.53. The van der Waals surface area contributed by atoms with E-state index in [0.29, 0.717) is 0 Å². The Balaban J connectivity index is 1.43. The second kappa shape index (κ2) is 6.93. The van der Waals surface area contributed by atoms with Gasteiger partial charge in [0.1, 0.15) is 5.69 Å². The molecule has 1 aliphatic heterocycles. The van der Waals surface area contributed by atoms with Crippen LogP contribution in [0.5, 0.6) is 0 Å². The minimum absolute atomic E-state index is 0.177. The molecule has 2 atom stereocenters. The number of hydrogen-bond donors (Lipinski definition) is 0. The minimum Gasteiger partial charge on any atom is -0.368 e. The molecule has 1 aromatic carbocycles. The molecule has 122 valence electrons. The summed E-state index contributed by atoms with van der Waals surface area (Å²) in [5.41, 5.74) is 3.16. The van der Waals surface area contributed by atoms with E-state index in [1.807, 2.05) is 29.1 Å². The molecule has 5 heteroatoms. The Kier molecular flexibility index (Phi) is 4.34. The van der Waals surface area contributed by atoms with Crippen molar-refractivity contribution in [1.82, 2.24) is 20.0 Å². The number of ether oxygens (including phenoxy) is 1. The van der Waals surface area contributed by atoms with Gasteiger partial charge in [0.2, 0.25) is 0 Å². The third kappa shape index (κ3) is 3.36. The van der Waals surface area contributed by atoms with Gasteiger partial charge in [-0.05, 0) is 37.0 Å². The Bertz CT molecular complexity index is 772. The van der Waals surface area contributed by atoms with E-state index < -0.39 is 0 Å². The first-order chi connectivity index (χ1) is 11.9. The zero-order valence-electron chi connectivity index (χ0n) is 13.5. The largest absolute Gasteiger partial charge is 0.368 e. The first-order valence-electron chi connectivity index (χ1n) is 8.39. The first kappa shape index (κ1) is 15.0. The van der Waals surface area contributed by atoms with Crippen molar-refractivity contribution in [3.63, 3.8) is 0 Å². The van der Waals surface area contributed by atoms with E-state index in [9.17, 15) is 0 Å². The number of hydrogen-bond acceptors (Lipinski definition) is 4. The predicted molar refractivity (Wildman–Crippen MR) is 91.2 cm³/mol. The van der Waals surface area contributed by atoms with Gasteiger partial charge in [-0.25, -0.2) is 4.68 Å². The summed E-state index contributed by atoms with van der Waals surface area (Å²) in [7, 11) is 0. The summed E-state index contributed by atoms with van der Waals surface area (Å²) >= 11 is 0. The summed E-state index contributed by atoms with van der Waals surface area (Å²) in [6, 6.07) is 14.4. The highest BCUT2D eigenvalue weighted by atomic mass is 16.5. The molecule has 0 saturated carbocycles. The molecule has 24 heavy (non-hydrogen) atoms. The summed E-state index contributed by atoms with van der Waals surface area (Å²) in [6.45, 7) is 0.738. The highest BCUT2D eigenvalue weighted by Gasteiger charge is 2.24. The average molecular weight is 320 g/mol. The molecule has 1 aliphatic rings. The zero-order valence-corrected chi connectivity index (χ0v) is 13.5. The lowest BCUT2D eigenvalue weighted by molar-refractivity contribution is -0.0602. The molecular formula is C19H20N4O. The van der Waals surface area contributed by atoms with Gasteiger partial charge in [-0.2, -0.15) is 0 Å². The van der Waals surface area contributed by atoms with Crippen LogP contribution < -0.4 is 0 Å². The molecule has 0 radical (unpaired) electrons. The second-order valence-corrected chi connectivity index (χ2v) is 6.15. The third-order valence-electron chi connectivity index (χ3n) is 4.43. The van der Waals surface area contributed by atoms with Crippen molar-refractivity contribution in [2.45, 2.75) is 38.0 Å². The molecule has 0 aliphatic carbocycles. The fourth-order valence-corrected chi connectivity index (χ4v) is 3.20. The van der Waals surface area contributed by atoms with Gasteiger partial charge in [0.15, 0.2) is 0 Å². The molecular weight excluding hydrogens is 300 g/mol. The van der Waals surface area contributed by atoms with Gasteiger partial charge in [-0.1, -0.05) is 35.5 Å². The topological polar surface area (TPSA) is 52.8 Å². The van der Waals surface area contributed by atoms with Crippen molar-refractivity contribution in [3.8, 4) is 11.3 Å². The fourth-order valence-electron chi connectivity index (χ4n) is 3.20. The van der Waals surface area contributed by atoms with Gasteiger partial charge >= 0.3 is 0 Å². The van der Waals surface area contributed by atoms with Gasteiger partial charge in [0, 0.05) is 18.0 Å². The standard InChI is InChI=1S/C19H20N4O/c1-2-5-16(6-3-1)19-8-4-7-17(24-19)13-23-14-18(21-22-23)15-9-11-20-12-10-15/h1-3,5-6,9-12,14,17,19H,4,7-8,13H2. The number of benzene rings is 1. The van der Waals surface area contributed by atoms with Gasteiger partial charge in [0.25, 0.3) is 0 Å². The summed E-state index contributed by atoms with van der Waals surface area (Å²) in [5.74, 6) is 0. The average Bonchev–Trinajstić information content (AvgIpc) is 3.12. The number of pyridine rings is 1. The highest BCUT2D eigenvalue weighted by Crippen LogP contribution is 2.31. The lowest BCUT2D eigenvalue weighted by Crippen LogP contribution is -2.27. The van der Waals surface area contributed by atoms with Crippen LogP contribution in [0.2, 0.25) is 0 Å². The molecule has 5 nitrogen and oxygen atoms in total. The van der Waals surface area contributed by atoms with Crippen molar-refractivity contribution in [2.24, 2.45) is 0 Å². The van der Waals surface area contributed by atoms with Crippen LogP contribution in [0.3, 0.4) is 0 Å². The zero-order chi connectivity index (χ0) is 16.2. The smallest absolute Gasteiger partial charge is 0.113 e. The van der Waals surface area contributed by atoms with Crippen LogP contribution in [0, 0.1) is 0 Å². The molecule has 1 fully saturated rings. The van der Waals surface area contributed by atoms with Crippen molar-refractivity contribution in [1.29, 1.82) is 0 Å². The Morgan fingerprint density at radius 2 is 1.88 bits per heavy atom. The van der Waals surface area contributed by atoms with E-state index in [0.717, 1.165) is 30.6 Å². The van der Waals surface area contributed by atoms with Gasteiger partial charge < -0.3 is 4.74 Å². The van der Waals surface area contributed by atoms with Crippen LogP contribution in [0.4, 0.5) is 0 Å². The lowest BCUT2D eigenvalue weighted by atomic mass is 9.98. The SMILES string of the molecule is c1ccc(C2CCCC(Cn3cc(-c4ccncc4)nn3)O2)cc1. The van der Waals surface area contributed by atoms with E-state index in [1.165, 1.54) is 12.0 Å². The minimum atomic E-state index is 0.177. The molecule has 0 N–H and O–H groups in total. The van der Waals surface area contributed by atoms with Crippen LogP contribution in [-0.4, -0.2) is 26.1 Å². The maximum Gasteiger partial charge on any atom is 0.113 e. The first-order valence-corrected chi connectivity index (χ1v) is 8.39. The van der Waals surface area contributed by atoms with Crippen molar-refractivity contribution < 1.29 is 4.74 Å². The highest BCUT2D eigenvalue weighted by molar-refractivity contribution is 5.56. The lowest BCUT2D eigenvalue weighted by Gasteiger charge is -2.30. The fraction of sp³-hybridized carbons (Fsp3) is 0.316. The summed E-state index contributed by atoms with van der Waals surface area (Å²) in [5, 5.41) is 8.51. The van der Waals surface area contributed by atoms with Crippen molar-refractivity contribution in [3.05, 3.63) is 66.6 Å². The van der Waals surface area contributed by atoms with E-state index in [-0.39, 0.29) is 12.2 Å². The van der Waals surface area contributed by atoms with Crippen molar-refractivity contribution >= 4 is 0 Å². The second-order valence-electron chi connectivity index (χ2n) is 6.15. The van der Waals surface area contributed by atoms with Crippen LogP contribution in [0.25, 0.3) is 11.3 Å². The Morgan fingerprint density at radius 1 is 1.04 bits per heavy atom. The van der Waals surface area contributed by atoms with Crippen LogP contribution in [0.1, 0.15) is 30.9 Å². The van der Waals surface area contributed by atoms with E-state index >= 15 is 0 Å². The Labute approximate surface area is 141 Å². The Morgan fingerprint density at radius 3 is 2.71 bits per heavy atom. The van der Waals surface area contributed by atoms with Gasteiger partial charge in [-0.3, -0.25) is 4.98 Å². The summed E-state index contributed by atoms with van der Waals surface area (Å²) in [4.78, 5) is 4.03. The molecule has 3 aromatic rings. The van der Waals surface area contributed by atoms with E-state index in [4.69, 9.17) is 4.74 Å². The quantitative estimate of drug-likeness (QED) is 0.736. The normalized spacial score (nSPS) is 20.8. The van der Waals surface area contributed by atoms with Crippen LogP contribution in [-0.2, 0) is 11.3 Å². The molecule has 2 aromatic heterocycles. The van der Waals surface area contributed by atoms with E-state index in [2.05, 4.69) is 39.6 Å². The van der Waals surface area contributed by atoms with Crippen LogP contribution >= 0.6 is 0 Å². The summed E-state index contributed by atoms with van der Waals surface area (Å²) < 4.78 is 8.18. The molecule has 1 saturated heterocycles. The number of rotatable bonds is 4. The maximum absolute atomic E-state index is 6.29. The number of aromatic nitrogens is 4. The van der Waals surface area contributed by atoms with Crippen LogP contribution in [0.15, 0.2) is 61.1 Å². The van der Waals surface area contributed by atoms with Gasteiger partial charge in [-0.15, -0.1) is 5.10 Å². The van der Waals surface area contributed by atoms with E-state index in [1.54, 1.807) is 12.4 Å². The number of nitrogens with zero attached hydrogens (tertiary/aromatic N) is 4. The molecule has 3 heterocycles. The molecule has 0 spiro atoms.